The Balaban J connectivity index is 2.54. The third-order valence-electron chi connectivity index (χ3n) is 2.16. The zero-order valence-electron chi connectivity index (χ0n) is 8.01. The van der Waals surface area contributed by atoms with Gasteiger partial charge in [0.1, 0.15) is 9.84 Å². The number of nitriles is 1. The summed E-state index contributed by atoms with van der Waals surface area (Å²) in [5.41, 5.74) is 0. The Morgan fingerprint density at radius 3 is 2.33 bits per heavy atom. The predicted octanol–water partition coefficient (Wildman–Crippen LogP) is -0.993. The average molecular weight is 252 g/mol. The summed E-state index contributed by atoms with van der Waals surface area (Å²) in [5, 5.41) is 8.25. The van der Waals surface area contributed by atoms with Gasteiger partial charge < -0.3 is 0 Å². The minimum absolute atomic E-state index is 0.00669. The van der Waals surface area contributed by atoms with Gasteiger partial charge in [-0.1, -0.05) is 0 Å². The van der Waals surface area contributed by atoms with Crippen LogP contribution in [0.4, 0.5) is 0 Å². The molecule has 0 bridgehead atoms. The molecule has 15 heavy (non-hydrogen) atoms. The van der Waals surface area contributed by atoms with Crippen molar-refractivity contribution in [2.75, 3.05) is 17.3 Å². The van der Waals surface area contributed by atoms with Gasteiger partial charge in [0.05, 0.1) is 17.6 Å². The minimum atomic E-state index is -3.57. The molecule has 1 rings (SSSR count). The largest absolute Gasteiger partial charge is 0.229 e. The summed E-state index contributed by atoms with van der Waals surface area (Å²) in [4.78, 5) is 0. The summed E-state index contributed by atoms with van der Waals surface area (Å²) in [5.74, 6) is -0.574. The van der Waals surface area contributed by atoms with Gasteiger partial charge in [-0.2, -0.15) is 5.26 Å². The van der Waals surface area contributed by atoms with E-state index in [-0.39, 0.29) is 30.4 Å². The second kappa shape index (κ2) is 4.47. The Morgan fingerprint density at radius 2 is 1.87 bits per heavy atom. The molecule has 0 radical (unpaired) electrons. The van der Waals surface area contributed by atoms with Gasteiger partial charge in [0.25, 0.3) is 0 Å². The molecule has 0 spiro atoms. The first-order valence-electron chi connectivity index (χ1n) is 4.42. The molecule has 1 fully saturated rings. The van der Waals surface area contributed by atoms with Crippen LogP contribution in [0.25, 0.3) is 0 Å². The molecule has 86 valence electrons. The first-order chi connectivity index (χ1) is 6.85. The molecule has 0 atom stereocenters. The normalized spacial score (nSPS) is 22.1. The van der Waals surface area contributed by atoms with E-state index in [2.05, 4.69) is 4.72 Å². The number of sulfone groups is 1. The van der Waals surface area contributed by atoms with Gasteiger partial charge in [0.2, 0.25) is 10.0 Å². The fraction of sp³-hybridized carbons (Fsp3) is 0.857. The molecular weight excluding hydrogens is 240 g/mol. The van der Waals surface area contributed by atoms with E-state index < -0.39 is 25.6 Å². The van der Waals surface area contributed by atoms with Crippen LogP contribution in [-0.4, -0.2) is 40.1 Å². The number of nitrogens with one attached hydrogen (secondary N) is 1. The van der Waals surface area contributed by atoms with E-state index in [0.29, 0.717) is 0 Å². The first-order valence-corrected chi connectivity index (χ1v) is 7.89. The van der Waals surface area contributed by atoms with Gasteiger partial charge in [-0.05, 0) is 12.8 Å². The highest BCUT2D eigenvalue weighted by molar-refractivity contribution is 7.91. The zero-order valence-corrected chi connectivity index (χ0v) is 9.64. The zero-order chi connectivity index (χ0) is 11.5. The molecule has 8 heteroatoms. The molecule has 0 aliphatic carbocycles. The molecular formula is C7H12N2O4S2. The van der Waals surface area contributed by atoms with E-state index in [1.165, 1.54) is 0 Å². The predicted molar refractivity (Wildman–Crippen MR) is 54.2 cm³/mol. The van der Waals surface area contributed by atoms with Crippen LogP contribution in [-0.2, 0) is 19.9 Å². The lowest BCUT2D eigenvalue weighted by Gasteiger charge is -2.22. The molecule has 0 unspecified atom stereocenters. The first kappa shape index (κ1) is 12.4. The van der Waals surface area contributed by atoms with Crippen LogP contribution < -0.4 is 4.72 Å². The summed E-state index contributed by atoms with van der Waals surface area (Å²) < 4.78 is 46.8. The molecule has 1 aliphatic rings. The SMILES string of the molecule is N#CCS(=O)(=O)NC1CCS(=O)(=O)CC1. The van der Waals surface area contributed by atoms with Crippen molar-refractivity contribution < 1.29 is 16.8 Å². The van der Waals surface area contributed by atoms with E-state index in [4.69, 9.17) is 5.26 Å². The van der Waals surface area contributed by atoms with Crippen molar-refractivity contribution in [1.82, 2.24) is 4.72 Å². The van der Waals surface area contributed by atoms with Crippen molar-refractivity contribution in [3.63, 3.8) is 0 Å². The molecule has 1 N–H and O–H groups in total. The standard InChI is InChI=1S/C7H12N2O4S2/c8-3-6-15(12,13)9-7-1-4-14(10,11)5-2-7/h7,9H,1-2,4-6H2. The Hall–Kier alpha value is -0.650. The fourth-order valence-corrected chi connectivity index (χ4v) is 3.88. The van der Waals surface area contributed by atoms with E-state index in [1.807, 2.05) is 0 Å². The number of nitrogens with zero attached hydrogens (tertiary/aromatic N) is 1. The Morgan fingerprint density at radius 1 is 1.33 bits per heavy atom. The van der Waals surface area contributed by atoms with Crippen LogP contribution in [0.3, 0.4) is 0 Å². The second-order valence-electron chi connectivity index (χ2n) is 3.46. The Labute approximate surface area is 89.3 Å². The number of sulfonamides is 1. The molecule has 1 aliphatic heterocycles. The Kier molecular flexibility index (Phi) is 3.70. The van der Waals surface area contributed by atoms with Gasteiger partial charge in [-0.25, -0.2) is 21.6 Å². The molecule has 6 nitrogen and oxygen atoms in total. The lowest BCUT2D eigenvalue weighted by Crippen LogP contribution is -2.41. The van der Waals surface area contributed by atoms with Crippen molar-refractivity contribution >= 4 is 19.9 Å². The van der Waals surface area contributed by atoms with Crippen molar-refractivity contribution in [1.29, 1.82) is 5.26 Å². The summed E-state index contributed by atoms with van der Waals surface area (Å²) in [7, 11) is -6.56. The van der Waals surface area contributed by atoms with Crippen LogP contribution in [0.5, 0.6) is 0 Å². The molecule has 0 aromatic heterocycles. The van der Waals surface area contributed by atoms with Gasteiger partial charge in [0, 0.05) is 6.04 Å². The van der Waals surface area contributed by atoms with E-state index in [1.54, 1.807) is 6.07 Å². The monoisotopic (exact) mass is 252 g/mol. The van der Waals surface area contributed by atoms with Gasteiger partial charge in [-0.3, -0.25) is 0 Å². The van der Waals surface area contributed by atoms with E-state index in [9.17, 15) is 16.8 Å². The molecule has 0 aromatic rings. The van der Waals surface area contributed by atoms with E-state index >= 15 is 0 Å². The van der Waals surface area contributed by atoms with Crippen LogP contribution >= 0.6 is 0 Å². The summed E-state index contributed by atoms with van der Waals surface area (Å²) in [6.07, 6.45) is 0.569. The summed E-state index contributed by atoms with van der Waals surface area (Å²) in [6.45, 7) is 0. The smallest absolute Gasteiger partial charge is 0.225 e. The average Bonchev–Trinajstić information content (AvgIpc) is 2.08. The number of rotatable bonds is 3. The molecule has 1 saturated heterocycles. The minimum Gasteiger partial charge on any atom is -0.229 e. The van der Waals surface area contributed by atoms with Gasteiger partial charge in [-0.15, -0.1) is 0 Å². The third kappa shape index (κ3) is 4.15. The van der Waals surface area contributed by atoms with Crippen molar-refractivity contribution in [2.45, 2.75) is 18.9 Å². The van der Waals surface area contributed by atoms with Gasteiger partial charge >= 0.3 is 0 Å². The lowest BCUT2D eigenvalue weighted by molar-refractivity contribution is 0.506. The van der Waals surface area contributed by atoms with Gasteiger partial charge in [0.15, 0.2) is 5.75 Å². The molecule has 0 aromatic carbocycles. The molecule has 1 heterocycles. The number of hydrogen-bond acceptors (Lipinski definition) is 5. The van der Waals surface area contributed by atoms with Crippen LogP contribution in [0.1, 0.15) is 12.8 Å². The highest BCUT2D eigenvalue weighted by Gasteiger charge is 2.26. The quantitative estimate of drug-likeness (QED) is 0.694. The maximum Gasteiger partial charge on any atom is 0.225 e. The van der Waals surface area contributed by atoms with Crippen molar-refractivity contribution in [3.8, 4) is 6.07 Å². The highest BCUT2D eigenvalue weighted by atomic mass is 32.2. The maximum absolute atomic E-state index is 11.2. The van der Waals surface area contributed by atoms with Crippen LogP contribution in [0.15, 0.2) is 0 Å². The summed E-state index contributed by atoms with van der Waals surface area (Å²) in [6, 6.07) is 1.19. The maximum atomic E-state index is 11.2. The lowest BCUT2D eigenvalue weighted by atomic mass is 10.2. The molecule has 0 saturated carbocycles. The second-order valence-corrected chi connectivity index (χ2v) is 7.52. The third-order valence-corrected chi connectivity index (χ3v) is 5.07. The summed E-state index contributed by atoms with van der Waals surface area (Å²) >= 11 is 0. The Bertz CT molecular complexity index is 446. The highest BCUT2D eigenvalue weighted by Crippen LogP contribution is 2.12. The topological polar surface area (TPSA) is 104 Å². The molecule has 0 amide bonds. The van der Waals surface area contributed by atoms with E-state index in [0.717, 1.165) is 0 Å². The van der Waals surface area contributed by atoms with Crippen molar-refractivity contribution in [3.05, 3.63) is 0 Å². The van der Waals surface area contributed by atoms with Crippen molar-refractivity contribution in [2.24, 2.45) is 0 Å². The van der Waals surface area contributed by atoms with Crippen LogP contribution in [0.2, 0.25) is 0 Å². The fourth-order valence-electron chi connectivity index (χ4n) is 1.39. The number of hydrogen-bond donors (Lipinski definition) is 1. The van der Waals surface area contributed by atoms with Crippen LogP contribution in [0, 0.1) is 11.3 Å².